The Labute approximate surface area is 158 Å². The van der Waals surface area contributed by atoms with Crippen molar-refractivity contribution in [3.8, 4) is 11.5 Å². The maximum Gasteiger partial charge on any atom is 0.172 e. The van der Waals surface area contributed by atoms with Gasteiger partial charge in [0.15, 0.2) is 23.1 Å². The first-order valence-corrected chi connectivity index (χ1v) is 9.78. The van der Waals surface area contributed by atoms with Gasteiger partial charge in [-0.3, -0.25) is 0 Å². The standard InChI is InChI=1S/C23H24F2O2/c1-2-13-26-20-11-9-16-17-10-12-21(27-14-15-5-3-4-6-15)23(25)19(17)8-7-18(16)22(20)24/h7-12,15H,2-6,13-14H2,1H3. The van der Waals surface area contributed by atoms with E-state index in [4.69, 9.17) is 9.47 Å². The molecule has 0 radical (unpaired) electrons. The van der Waals surface area contributed by atoms with E-state index in [2.05, 4.69) is 0 Å². The van der Waals surface area contributed by atoms with Gasteiger partial charge in [0.2, 0.25) is 0 Å². The fraction of sp³-hybridized carbons (Fsp3) is 0.391. The van der Waals surface area contributed by atoms with Crippen LogP contribution in [-0.4, -0.2) is 13.2 Å². The van der Waals surface area contributed by atoms with Gasteiger partial charge in [0.25, 0.3) is 0 Å². The predicted molar refractivity (Wildman–Crippen MR) is 105 cm³/mol. The van der Waals surface area contributed by atoms with Crippen molar-refractivity contribution < 1.29 is 18.3 Å². The van der Waals surface area contributed by atoms with Crippen LogP contribution in [0.4, 0.5) is 8.78 Å². The molecule has 0 saturated heterocycles. The lowest BCUT2D eigenvalue weighted by Gasteiger charge is -2.14. The van der Waals surface area contributed by atoms with Gasteiger partial charge < -0.3 is 9.47 Å². The first kappa shape index (κ1) is 18.0. The molecule has 0 atom stereocenters. The molecule has 142 valence electrons. The van der Waals surface area contributed by atoms with E-state index in [1.807, 2.05) is 13.0 Å². The number of benzene rings is 3. The second kappa shape index (κ2) is 7.71. The predicted octanol–water partition coefficient (Wildman–Crippen LogP) is 6.63. The highest BCUT2D eigenvalue weighted by molar-refractivity contribution is 6.08. The van der Waals surface area contributed by atoms with Crippen LogP contribution in [0.25, 0.3) is 21.5 Å². The molecule has 1 saturated carbocycles. The van der Waals surface area contributed by atoms with Crippen LogP contribution in [0.5, 0.6) is 11.5 Å². The van der Waals surface area contributed by atoms with Gasteiger partial charge in [0.05, 0.1) is 13.2 Å². The molecule has 0 unspecified atom stereocenters. The van der Waals surface area contributed by atoms with Crippen molar-refractivity contribution in [3.05, 3.63) is 48.0 Å². The number of ether oxygens (including phenoxy) is 2. The molecule has 0 aliphatic heterocycles. The zero-order chi connectivity index (χ0) is 18.8. The number of rotatable bonds is 6. The van der Waals surface area contributed by atoms with Crippen molar-refractivity contribution in [2.45, 2.75) is 39.0 Å². The van der Waals surface area contributed by atoms with E-state index in [0.29, 0.717) is 40.7 Å². The van der Waals surface area contributed by atoms with Gasteiger partial charge in [-0.2, -0.15) is 0 Å². The lowest BCUT2D eigenvalue weighted by atomic mass is 10.0. The first-order valence-electron chi connectivity index (χ1n) is 9.78. The quantitative estimate of drug-likeness (QED) is 0.453. The van der Waals surface area contributed by atoms with Gasteiger partial charge in [-0.15, -0.1) is 0 Å². The summed E-state index contributed by atoms with van der Waals surface area (Å²) in [7, 11) is 0. The van der Waals surface area contributed by atoms with Crippen LogP contribution in [0, 0.1) is 17.6 Å². The molecule has 0 heterocycles. The van der Waals surface area contributed by atoms with Crippen LogP contribution < -0.4 is 9.47 Å². The normalized spacial score (nSPS) is 14.9. The highest BCUT2D eigenvalue weighted by Crippen LogP contribution is 2.35. The Hall–Kier alpha value is -2.36. The summed E-state index contributed by atoms with van der Waals surface area (Å²) in [5, 5.41) is 2.25. The molecular weight excluding hydrogens is 346 g/mol. The van der Waals surface area contributed by atoms with E-state index in [1.165, 1.54) is 12.8 Å². The van der Waals surface area contributed by atoms with Crippen LogP contribution in [-0.2, 0) is 0 Å². The number of halogens is 2. The molecule has 0 aromatic heterocycles. The van der Waals surface area contributed by atoms with Crippen LogP contribution in [0.1, 0.15) is 39.0 Å². The fourth-order valence-corrected chi connectivity index (χ4v) is 3.93. The van der Waals surface area contributed by atoms with Gasteiger partial charge in [0.1, 0.15) is 0 Å². The molecule has 1 aliphatic rings. The second-order valence-corrected chi connectivity index (χ2v) is 7.32. The summed E-state index contributed by atoms with van der Waals surface area (Å²) < 4.78 is 40.9. The smallest absolute Gasteiger partial charge is 0.172 e. The van der Waals surface area contributed by atoms with E-state index in [9.17, 15) is 8.78 Å². The van der Waals surface area contributed by atoms with Crippen molar-refractivity contribution in [3.63, 3.8) is 0 Å². The van der Waals surface area contributed by atoms with Crippen molar-refractivity contribution in [2.24, 2.45) is 5.92 Å². The van der Waals surface area contributed by atoms with Gasteiger partial charge in [-0.25, -0.2) is 8.78 Å². The Morgan fingerprint density at radius 1 is 0.778 bits per heavy atom. The minimum absolute atomic E-state index is 0.237. The molecule has 4 rings (SSSR count). The SMILES string of the molecule is CCCOc1ccc2c(ccc3c(F)c(OCC4CCCC4)ccc32)c1F. The van der Waals surface area contributed by atoms with Crippen LogP contribution >= 0.6 is 0 Å². The molecule has 0 amide bonds. The van der Waals surface area contributed by atoms with Gasteiger partial charge in [-0.05, 0) is 60.2 Å². The fourth-order valence-electron chi connectivity index (χ4n) is 3.93. The van der Waals surface area contributed by atoms with E-state index in [-0.39, 0.29) is 17.3 Å². The molecule has 0 N–H and O–H groups in total. The van der Waals surface area contributed by atoms with E-state index in [0.717, 1.165) is 19.3 Å². The first-order chi connectivity index (χ1) is 13.2. The van der Waals surface area contributed by atoms with Gasteiger partial charge in [0, 0.05) is 10.8 Å². The van der Waals surface area contributed by atoms with E-state index in [1.54, 1.807) is 30.3 Å². The summed E-state index contributed by atoms with van der Waals surface area (Å²) in [6.45, 7) is 3.00. The largest absolute Gasteiger partial charge is 0.491 e. The third-order valence-electron chi connectivity index (χ3n) is 5.41. The Bertz CT molecular complexity index is 962. The third kappa shape index (κ3) is 3.45. The molecule has 1 fully saturated rings. The van der Waals surface area contributed by atoms with E-state index < -0.39 is 5.82 Å². The lowest BCUT2D eigenvalue weighted by molar-refractivity contribution is 0.243. The van der Waals surface area contributed by atoms with Crippen LogP contribution in [0.3, 0.4) is 0 Å². The molecule has 3 aromatic carbocycles. The molecule has 0 spiro atoms. The summed E-state index contributed by atoms with van der Waals surface area (Å²) in [5.41, 5.74) is 0. The molecule has 4 heteroatoms. The average Bonchev–Trinajstić information content (AvgIpc) is 3.20. The maximum atomic E-state index is 15.0. The summed E-state index contributed by atoms with van der Waals surface area (Å²) in [6, 6.07) is 10.1. The number of hydrogen-bond acceptors (Lipinski definition) is 2. The topological polar surface area (TPSA) is 18.5 Å². The Kier molecular flexibility index (Phi) is 5.15. The zero-order valence-electron chi connectivity index (χ0n) is 15.6. The third-order valence-corrected chi connectivity index (χ3v) is 5.41. The molecule has 1 aliphatic carbocycles. The highest BCUT2D eigenvalue weighted by atomic mass is 19.1. The van der Waals surface area contributed by atoms with Crippen molar-refractivity contribution in [2.75, 3.05) is 13.2 Å². The zero-order valence-corrected chi connectivity index (χ0v) is 15.6. The summed E-state index contributed by atoms with van der Waals surface area (Å²) in [4.78, 5) is 0. The molecule has 0 bridgehead atoms. The molecule has 2 nitrogen and oxygen atoms in total. The summed E-state index contributed by atoms with van der Waals surface area (Å²) >= 11 is 0. The highest BCUT2D eigenvalue weighted by Gasteiger charge is 2.18. The summed E-state index contributed by atoms with van der Waals surface area (Å²) in [6.07, 6.45) is 5.58. The number of hydrogen-bond donors (Lipinski definition) is 0. The van der Waals surface area contributed by atoms with Crippen LogP contribution in [0.2, 0.25) is 0 Å². The molecular formula is C23H24F2O2. The number of fused-ring (bicyclic) bond motifs is 3. The van der Waals surface area contributed by atoms with E-state index >= 15 is 0 Å². The Morgan fingerprint density at radius 3 is 1.85 bits per heavy atom. The second-order valence-electron chi connectivity index (χ2n) is 7.32. The van der Waals surface area contributed by atoms with Gasteiger partial charge in [-0.1, -0.05) is 31.9 Å². The minimum Gasteiger partial charge on any atom is -0.491 e. The summed E-state index contributed by atoms with van der Waals surface area (Å²) in [5.74, 6) is 0.258. The lowest BCUT2D eigenvalue weighted by Crippen LogP contribution is -2.09. The average molecular weight is 370 g/mol. The van der Waals surface area contributed by atoms with Gasteiger partial charge >= 0.3 is 0 Å². The maximum absolute atomic E-state index is 15.0. The van der Waals surface area contributed by atoms with Crippen molar-refractivity contribution in [1.29, 1.82) is 0 Å². The molecule has 3 aromatic rings. The molecule has 27 heavy (non-hydrogen) atoms. The van der Waals surface area contributed by atoms with Crippen molar-refractivity contribution in [1.82, 2.24) is 0 Å². The Balaban J connectivity index is 1.69. The van der Waals surface area contributed by atoms with Crippen LogP contribution in [0.15, 0.2) is 36.4 Å². The van der Waals surface area contributed by atoms with Crippen molar-refractivity contribution >= 4 is 21.5 Å². The minimum atomic E-state index is -0.398. The Morgan fingerprint density at radius 2 is 1.30 bits per heavy atom. The monoisotopic (exact) mass is 370 g/mol.